The zero-order valence-corrected chi connectivity index (χ0v) is 46.4. The fourth-order valence-corrected chi connectivity index (χ4v) is 16.5. The van der Waals surface area contributed by atoms with E-state index in [1.807, 2.05) is 50.0 Å². The largest absolute Gasteiger partial charge is 0.346 e. The minimum atomic E-state index is -0.0787. The van der Waals surface area contributed by atoms with E-state index in [-0.39, 0.29) is 17.9 Å². The van der Waals surface area contributed by atoms with Gasteiger partial charge in [0.25, 0.3) is 12.0 Å². The second kappa shape index (κ2) is 18.4. The predicted octanol–water partition coefficient (Wildman–Crippen LogP) is 10.3. The van der Waals surface area contributed by atoms with Crippen LogP contribution in [0.15, 0.2) is 25.0 Å². The number of carbonyl (C=O) groups excluding carboxylic acids is 2. The van der Waals surface area contributed by atoms with E-state index in [2.05, 4.69) is 121 Å². The Morgan fingerprint density at radius 2 is 1.23 bits per heavy atom. The van der Waals surface area contributed by atoms with Gasteiger partial charge in [-0.3, -0.25) is 14.5 Å². The summed E-state index contributed by atoms with van der Waals surface area (Å²) < 4.78 is 6.11. The van der Waals surface area contributed by atoms with Crippen LogP contribution in [0.2, 0.25) is 0 Å². The van der Waals surface area contributed by atoms with Crippen molar-refractivity contribution in [1.29, 1.82) is 0 Å². The summed E-state index contributed by atoms with van der Waals surface area (Å²) in [5.41, 5.74) is 17.1. The van der Waals surface area contributed by atoms with Gasteiger partial charge in [0, 0.05) is 75.2 Å². The molecule has 8 aromatic heterocycles. The summed E-state index contributed by atoms with van der Waals surface area (Å²) in [5, 5.41) is 12.2. The number of thiophene rings is 2. The van der Waals surface area contributed by atoms with Crippen LogP contribution in [-0.2, 0) is 16.3 Å². The lowest BCUT2D eigenvalue weighted by Gasteiger charge is -2.35. The summed E-state index contributed by atoms with van der Waals surface area (Å²) in [6.45, 7) is 29.7. The maximum absolute atomic E-state index is 14.3. The van der Waals surface area contributed by atoms with Crippen LogP contribution in [0.25, 0.3) is 54.2 Å². The van der Waals surface area contributed by atoms with E-state index in [1.165, 1.54) is 91.6 Å². The first kappa shape index (κ1) is 48.5. The van der Waals surface area contributed by atoms with Gasteiger partial charge < -0.3 is 24.7 Å². The number of nitrogens with one attached hydrogen (secondary N) is 2. The molecule has 8 aromatic rings. The van der Waals surface area contributed by atoms with Crippen LogP contribution in [-0.4, -0.2) is 124 Å². The van der Waals surface area contributed by atoms with Gasteiger partial charge in [0.2, 0.25) is 11.8 Å². The molecule has 0 aliphatic carbocycles. The molecular formula is C57H73N12O2S2+. The van der Waals surface area contributed by atoms with Crippen LogP contribution < -0.4 is 4.57 Å². The maximum Gasteiger partial charge on any atom is 0.270 e. The Kier molecular flexibility index (Phi) is 12.3. The number of fused-ring (bicyclic) bond motifs is 4. The maximum atomic E-state index is 14.3. The van der Waals surface area contributed by atoms with Crippen molar-refractivity contribution in [3.63, 3.8) is 0 Å². The highest BCUT2D eigenvalue weighted by atomic mass is 32.1. The fourth-order valence-electron chi connectivity index (χ4n) is 13.7. The average molecular weight is 1020 g/mol. The number of piperidine rings is 2. The lowest BCUT2D eigenvalue weighted by Crippen LogP contribution is -2.49. The highest BCUT2D eigenvalue weighted by Crippen LogP contribution is 2.49. The first-order valence-corrected chi connectivity index (χ1v) is 28.7. The second-order valence-electron chi connectivity index (χ2n) is 22.9. The molecule has 2 N–H and O–H groups in total. The summed E-state index contributed by atoms with van der Waals surface area (Å²) >= 11 is 3.89. The SMILES string of the molecule is Cc1c(-c2[nH]c3sc(C4CCN(C5CCN(C[n+]6cnn7cc(-c8[nH]c9sc(C%10CCN(CC%11CCN(C)C%11=O)CC%10)c(C)c9c8C(C)C)c(C)c(C)c76)C5=O)CC4)c(C)c3c2C(C)C)cn2ncnc2c1C. The third-order valence-electron chi connectivity index (χ3n) is 18.0. The molecule has 12 heterocycles. The van der Waals surface area contributed by atoms with Crippen molar-refractivity contribution in [2.75, 3.05) is 52.9 Å². The van der Waals surface area contributed by atoms with Gasteiger partial charge in [-0.05, 0) is 169 Å². The van der Waals surface area contributed by atoms with Crippen molar-refractivity contribution >= 4 is 66.2 Å². The molecule has 0 saturated carbocycles. The van der Waals surface area contributed by atoms with Crippen LogP contribution in [0.4, 0.5) is 0 Å². The van der Waals surface area contributed by atoms with Crippen molar-refractivity contribution in [2.45, 2.75) is 144 Å². The molecule has 4 fully saturated rings. The van der Waals surface area contributed by atoms with Crippen LogP contribution in [0.5, 0.6) is 0 Å². The van der Waals surface area contributed by atoms with Crippen LogP contribution in [0.3, 0.4) is 0 Å². The summed E-state index contributed by atoms with van der Waals surface area (Å²) in [6.07, 6.45) is 14.1. The molecule has 0 aromatic carbocycles. The molecule has 384 valence electrons. The molecule has 73 heavy (non-hydrogen) atoms. The molecule has 2 unspecified atom stereocenters. The summed E-state index contributed by atoms with van der Waals surface area (Å²) in [5.74, 6) is 2.43. The lowest BCUT2D eigenvalue weighted by molar-refractivity contribution is -0.689. The number of nitrogens with zero attached hydrogens (tertiary/aromatic N) is 10. The smallest absolute Gasteiger partial charge is 0.270 e. The molecule has 12 rings (SSSR count). The van der Waals surface area contributed by atoms with Crippen molar-refractivity contribution in [3.8, 4) is 22.5 Å². The molecule has 4 aliphatic rings. The Bertz CT molecular complexity index is 3470. The van der Waals surface area contributed by atoms with Gasteiger partial charge in [0.15, 0.2) is 5.65 Å². The van der Waals surface area contributed by atoms with E-state index in [9.17, 15) is 9.59 Å². The Hall–Kier alpha value is -5.42. The number of H-pyrrole nitrogens is 2. The van der Waals surface area contributed by atoms with E-state index in [0.717, 1.165) is 101 Å². The quantitative estimate of drug-likeness (QED) is 0.123. The van der Waals surface area contributed by atoms with E-state index in [4.69, 9.17) is 5.10 Å². The Labute approximate surface area is 436 Å². The van der Waals surface area contributed by atoms with Crippen molar-refractivity contribution < 1.29 is 14.2 Å². The normalized spacial score (nSPS) is 20.3. The highest BCUT2D eigenvalue weighted by Gasteiger charge is 2.40. The Morgan fingerprint density at radius 3 is 1.81 bits per heavy atom. The van der Waals surface area contributed by atoms with Crippen molar-refractivity contribution in [2.24, 2.45) is 5.92 Å². The third-order valence-corrected chi connectivity index (χ3v) is 20.7. The van der Waals surface area contributed by atoms with E-state index < -0.39 is 0 Å². The number of pyridine rings is 2. The van der Waals surface area contributed by atoms with Crippen LogP contribution >= 0.6 is 22.7 Å². The number of aromatic nitrogens is 8. The zero-order valence-electron chi connectivity index (χ0n) is 44.8. The number of carbonyl (C=O) groups is 2. The molecule has 4 saturated heterocycles. The van der Waals surface area contributed by atoms with Gasteiger partial charge in [0.05, 0.1) is 23.3 Å². The number of amides is 2. The van der Waals surface area contributed by atoms with Crippen LogP contribution in [0.1, 0.15) is 144 Å². The molecule has 16 heteroatoms. The third kappa shape index (κ3) is 7.89. The van der Waals surface area contributed by atoms with Crippen molar-refractivity contribution in [3.05, 3.63) is 79.3 Å². The van der Waals surface area contributed by atoms with Gasteiger partial charge in [-0.15, -0.1) is 22.7 Å². The first-order chi connectivity index (χ1) is 35.1. The number of aryl methyl sites for hydroxylation is 4. The van der Waals surface area contributed by atoms with E-state index in [0.29, 0.717) is 36.2 Å². The molecule has 0 spiro atoms. The number of likely N-dealkylation sites (tertiary alicyclic amines) is 4. The fraction of sp³-hybridized carbons (Fsp3) is 0.544. The minimum Gasteiger partial charge on any atom is -0.346 e. The molecule has 2 atom stereocenters. The van der Waals surface area contributed by atoms with Crippen LogP contribution in [0, 0.1) is 47.5 Å². The topological polar surface area (TPSA) is 130 Å². The van der Waals surface area contributed by atoms with Gasteiger partial charge in [0.1, 0.15) is 28.9 Å². The molecule has 4 aliphatic heterocycles. The summed E-state index contributed by atoms with van der Waals surface area (Å²) in [7, 11) is 1.94. The van der Waals surface area contributed by atoms with Gasteiger partial charge in [-0.25, -0.2) is 14.1 Å². The number of aromatic amines is 2. The molecule has 0 radical (unpaired) electrons. The van der Waals surface area contributed by atoms with Gasteiger partial charge in [-0.2, -0.15) is 5.10 Å². The number of hydrogen-bond donors (Lipinski definition) is 2. The molecule has 14 nitrogen and oxygen atoms in total. The number of rotatable bonds is 11. The van der Waals surface area contributed by atoms with Gasteiger partial charge in [-0.1, -0.05) is 32.2 Å². The zero-order chi connectivity index (χ0) is 50.9. The first-order valence-electron chi connectivity index (χ1n) is 27.0. The van der Waals surface area contributed by atoms with E-state index in [1.54, 1.807) is 6.33 Å². The molecule has 2 amide bonds. The minimum absolute atomic E-state index is 0.0787. The predicted molar refractivity (Wildman–Crippen MR) is 293 cm³/mol. The molecular weight excluding hydrogens is 949 g/mol. The van der Waals surface area contributed by atoms with E-state index >= 15 is 0 Å². The van der Waals surface area contributed by atoms with Gasteiger partial charge >= 0.3 is 0 Å². The monoisotopic (exact) mass is 1020 g/mol. The lowest BCUT2D eigenvalue weighted by atomic mass is 9.89. The summed E-state index contributed by atoms with van der Waals surface area (Å²) in [4.78, 5) is 53.8. The Balaban J connectivity index is 0.723. The molecule has 0 bridgehead atoms. The number of hydrogen-bond acceptors (Lipinski definition) is 9. The standard InChI is InChI=1S/C57H73N12O2S2/c1-30(2)44-47-37(10)51(73-53(47)61-48(44)41-25-68-52(58-27-59-68)34(7)32(41)5)39-15-21-65(22-16-39)43-17-23-66(57(43)71)29-67-28-60-69-26-42(33(6)35(8)55(67)69)49-45(31(3)4)46-36(9)50(72-54(46)62-49)38-13-19-64(20-14-38)24-40-12-18-63(11)56(40)70/h25-28,30-31,38-40,43,61-62H,12-24,29H2,1-11H3/q+1. The highest BCUT2D eigenvalue weighted by molar-refractivity contribution is 7.19. The average Bonchev–Trinajstić information content (AvgIpc) is 4.27. The summed E-state index contributed by atoms with van der Waals surface area (Å²) in [6, 6.07) is -0.0787. The van der Waals surface area contributed by atoms with Crippen molar-refractivity contribution in [1.82, 2.24) is 53.8 Å². The Morgan fingerprint density at radius 1 is 0.658 bits per heavy atom. The second-order valence-corrected chi connectivity index (χ2v) is 25.0.